The normalized spacial score (nSPS) is 9.36. The summed E-state index contributed by atoms with van der Waals surface area (Å²) < 4.78 is 13.2. The molecule has 0 aliphatic heterocycles. The molecule has 0 fully saturated rings. The molecule has 0 unspecified atom stereocenters. The van der Waals surface area contributed by atoms with Gasteiger partial charge in [0.2, 0.25) is 0 Å². The Morgan fingerprint density at radius 2 is 1.45 bits per heavy atom. The van der Waals surface area contributed by atoms with Crippen molar-refractivity contribution in [2.45, 2.75) is 34.6 Å². The van der Waals surface area contributed by atoms with Crippen LogP contribution in [0.3, 0.4) is 0 Å². The van der Waals surface area contributed by atoms with E-state index in [1.807, 2.05) is 71.0 Å². The second-order valence-corrected chi connectivity index (χ2v) is 4.32. The van der Waals surface area contributed by atoms with Gasteiger partial charge in [0.25, 0.3) is 0 Å². The molecular weight excluding hydrogens is 273 g/mol. The summed E-state index contributed by atoms with van der Waals surface area (Å²) in [5.41, 5.74) is 3.94. The van der Waals surface area contributed by atoms with Gasteiger partial charge in [0.1, 0.15) is 5.82 Å². The van der Waals surface area contributed by atoms with Gasteiger partial charge >= 0.3 is 0 Å². The Kier molecular flexibility index (Phi) is 7.24. The van der Waals surface area contributed by atoms with Crippen LogP contribution in [0.15, 0.2) is 54.6 Å². The van der Waals surface area contributed by atoms with Gasteiger partial charge in [-0.1, -0.05) is 58.0 Å². The van der Waals surface area contributed by atoms with Gasteiger partial charge in [-0.05, 0) is 36.8 Å². The fraction of sp³-hybridized carbons (Fsp3) is 0.250. The van der Waals surface area contributed by atoms with E-state index in [1.54, 1.807) is 6.07 Å². The highest BCUT2D eigenvalue weighted by Gasteiger charge is 2.05. The number of aryl methyl sites for hydroxylation is 1. The molecule has 2 heteroatoms. The fourth-order valence-corrected chi connectivity index (χ4v) is 2.15. The molecule has 0 bridgehead atoms. The summed E-state index contributed by atoms with van der Waals surface area (Å²) in [6.07, 6.45) is 0. The Labute approximate surface area is 132 Å². The van der Waals surface area contributed by atoms with Crippen molar-refractivity contribution in [3.63, 3.8) is 0 Å². The quantitative estimate of drug-likeness (QED) is 0.506. The summed E-state index contributed by atoms with van der Waals surface area (Å²) in [5, 5.41) is 0.833. The highest BCUT2D eigenvalue weighted by Crippen LogP contribution is 2.26. The molecule has 116 valence electrons. The van der Waals surface area contributed by atoms with E-state index < -0.39 is 0 Å². The summed E-state index contributed by atoms with van der Waals surface area (Å²) in [6, 6.07) is 16.7. The molecule has 3 rings (SSSR count). The zero-order chi connectivity index (χ0) is 16.5. The van der Waals surface area contributed by atoms with Crippen LogP contribution in [0.2, 0.25) is 0 Å². The molecule has 0 aliphatic carbocycles. The summed E-state index contributed by atoms with van der Waals surface area (Å²) in [7, 11) is 0. The molecule has 1 aromatic heterocycles. The molecule has 0 spiro atoms. The standard InChI is InChI=1S/C16H12FN.2C2H6/c1-11-15(12-5-3-2-4-6-12)10-13-9-14(17)7-8-16(13)18-11;2*1-2/h2-10H,1H3;2*1-2H3. The van der Waals surface area contributed by atoms with Gasteiger partial charge in [-0.2, -0.15) is 0 Å². The van der Waals surface area contributed by atoms with Crippen molar-refractivity contribution >= 4 is 10.9 Å². The number of aromatic nitrogens is 1. The highest BCUT2D eigenvalue weighted by atomic mass is 19.1. The first-order valence-electron chi connectivity index (χ1n) is 7.86. The van der Waals surface area contributed by atoms with Gasteiger partial charge < -0.3 is 0 Å². The summed E-state index contributed by atoms with van der Waals surface area (Å²) in [4.78, 5) is 4.53. The number of fused-ring (bicyclic) bond motifs is 1. The lowest BCUT2D eigenvalue weighted by atomic mass is 10.0. The van der Waals surface area contributed by atoms with Crippen molar-refractivity contribution in [3.8, 4) is 11.1 Å². The average Bonchev–Trinajstić information content (AvgIpc) is 2.59. The average molecular weight is 297 g/mol. The smallest absolute Gasteiger partial charge is 0.123 e. The molecule has 0 saturated heterocycles. The van der Waals surface area contributed by atoms with Crippen LogP contribution in [0.4, 0.5) is 4.39 Å². The first-order valence-corrected chi connectivity index (χ1v) is 7.86. The largest absolute Gasteiger partial charge is 0.252 e. The van der Waals surface area contributed by atoms with Crippen LogP contribution in [0, 0.1) is 12.7 Å². The van der Waals surface area contributed by atoms with Gasteiger partial charge in [0.05, 0.1) is 5.52 Å². The maximum absolute atomic E-state index is 13.2. The van der Waals surface area contributed by atoms with Crippen LogP contribution in [0.5, 0.6) is 0 Å². The number of hydrogen-bond acceptors (Lipinski definition) is 1. The van der Waals surface area contributed by atoms with Crippen molar-refractivity contribution < 1.29 is 4.39 Å². The van der Waals surface area contributed by atoms with Crippen molar-refractivity contribution in [3.05, 3.63) is 66.1 Å². The molecule has 0 atom stereocenters. The number of rotatable bonds is 1. The highest BCUT2D eigenvalue weighted by molar-refractivity contribution is 5.84. The van der Waals surface area contributed by atoms with E-state index >= 15 is 0 Å². The Hall–Kier alpha value is -2.22. The minimum atomic E-state index is -0.229. The zero-order valence-electron chi connectivity index (χ0n) is 14.0. The molecule has 2 aromatic carbocycles. The predicted octanol–water partition coefficient (Wildman–Crippen LogP) is 6.40. The van der Waals surface area contributed by atoms with E-state index in [1.165, 1.54) is 12.1 Å². The Morgan fingerprint density at radius 1 is 0.818 bits per heavy atom. The molecule has 1 nitrogen and oxygen atoms in total. The van der Waals surface area contributed by atoms with Gasteiger partial charge in [0, 0.05) is 16.6 Å². The third-order valence-corrected chi connectivity index (χ3v) is 3.05. The molecule has 0 radical (unpaired) electrons. The van der Waals surface area contributed by atoms with Crippen LogP contribution in [-0.4, -0.2) is 4.98 Å². The molecule has 3 aromatic rings. The van der Waals surface area contributed by atoms with Crippen LogP contribution in [0.25, 0.3) is 22.0 Å². The number of benzene rings is 2. The predicted molar refractivity (Wildman–Crippen MR) is 94.6 cm³/mol. The van der Waals surface area contributed by atoms with Gasteiger partial charge in [0.15, 0.2) is 0 Å². The molecule has 0 aliphatic rings. The molecule has 22 heavy (non-hydrogen) atoms. The fourth-order valence-electron chi connectivity index (χ4n) is 2.15. The van der Waals surface area contributed by atoms with E-state index in [0.717, 1.165) is 27.7 Å². The lowest BCUT2D eigenvalue weighted by Gasteiger charge is -2.07. The second kappa shape index (κ2) is 8.93. The minimum Gasteiger partial charge on any atom is -0.252 e. The van der Waals surface area contributed by atoms with E-state index in [4.69, 9.17) is 0 Å². The van der Waals surface area contributed by atoms with E-state index in [-0.39, 0.29) is 5.82 Å². The summed E-state index contributed by atoms with van der Waals surface area (Å²) in [5.74, 6) is -0.229. The van der Waals surface area contributed by atoms with Crippen molar-refractivity contribution in [2.75, 3.05) is 0 Å². The molecule has 1 heterocycles. The Morgan fingerprint density at radius 3 is 2.09 bits per heavy atom. The number of halogens is 1. The number of nitrogens with zero attached hydrogens (tertiary/aromatic N) is 1. The Bertz CT molecular complexity index is 705. The summed E-state index contributed by atoms with van der Waals surface area (Å²) in [6.45, 7) is 9.98. The first kappa shape index (κ1) is 17.8. The molecule has 0 N–H and O–H groups in total. The second-order valence-electron chi connectivity index (χ2n) is 4.32. The third kappa shape index (κ3) is 4.14. The Balaban J connectivity index is 0.000000561. The summed E-state index contributed by atoms with van der Waals surface area (Å²) >= 11 is 0. The van der Waals surface area contributed by atoms with Gasteiger partial charge in [-0.25, -0.2) is 4.39 Å². The molecule has 0 saturated carbocycles. The van der Waals surface area contributed by atoms with Crippen molar-refractivity contribution in [1.82, 2.24) is 4.98 Å². The zero-order valence-corrected chi connectivity index (χ0v) is 14.0. The minimum absolute atomic E-state index is 0.229. The number of hydrogen-bond donors (Lipinski definition) is 0. The third-order valence-electron chi connectivity index (χ3n) is 3.05. The van der Waals surface area contributed by atoms with Gasteiger partial charge in [-0.3, -0.25) is 4.98 Å². The maximum atomic E-state index is 13.2. The molecular formula is C20H24FN. The van der Waals surface area contributed by atoms with Crippen LogP contribution in [-0.2, 0) is 0 Å². The van der Waals surface area contributed by atoms with E-state index in [2.05, 4.69) is 4.98 Å². The van der Waals surface area contributed by atoms with Crippen molar-refractivity contribution in [2.24, 2.45) is 0 Å². The first-order chi connectivity index (χ1) is 10.7. The number of pyridine rings is 1. The lowest BCUT2D eigenvalue weighted by molar-refractivity contribution is 0.629. The van der Waals surface area contributed by atoms with Gasteiger partial charge in [-0.15, -0.1) is 0 Å². The lowest BCUT2D eigenvalue weighted by Crippen LogP contribution is -1.90. The van der Waals surface area contributed by atoms with E-state index in [9.17, 15) is 4.39 Å². The van der Waals surface area contributed by atoms with Crippen LogP contribution in [0.1, 0.15) is 33.4 Å². The monoisotopic (exact) mass is 297 g/mol. The van der Waals surface area contributed by atoms with Crippen LogP contribution < -0.4 is 0 Å². The molecule has 0 amide bonds. The SMILES string of the molecule is CC.CC.Cc1nc2ccc(F)cc2cc1-c1ccccc1. The van der Waals surface area contributed by atoms with Crippen molar-refractivity contribution in [1.29, 1.82) is 0 Å². The topological polar surface area (TPSA) is 12.9 Å². The van der Waals surface area contributed by atoms with E-state index in [0.29, 0.717) is 0 Å². The maximum Gasteiger partial charge on any atom is 0.123 e. The van der Waals surface area contributed by atoms with Crippen LogP contribution >= 0.6 is 0 Å².